The number of aliphatic hydroxyl groups excluding tert-OH is 1. The van der Waals surface area contributed by atoms with E-state index in [-0.39, 0.29) is 22.7 Å². The predicted molar refractivity (Wildman–Crippen MR) is 135 cm³/mol. The summed E-state index contributed by atoms with van der Waals surface area (Å²) in [4.78, 5) is 18.1. The molecule has 196 valence electrons. The molecule has 2 bridgehead atoms. The van der Waals surface area contributed by atoms with Crippen LogP contribution in [0, 0.1) is 30.1 Å². The van der Waals surface area contributed by atoms with E-state index in [9.17, 15) is 15.2 Å². The minimum absolute atomic E-state index is 0.0795. The van der Waals surface area contributed by atoms with Gasteiger partial charge in [0.15, 0.2) is 0 Å². The van der Waals surface area contributed by atoms with E-state index in [2.05, 4.69) is 35.3 Å². The number of hydrogen-bond donors (Lipinski definition) is 4. The van der Waals surface area contributed by atoms with Gasteiger partial charge in [0.1, 0.15) is 29.8 Å². The number of fused-ring (bicyclic) bond motifs is 3. The number of allylic oxidation sites excluding steroid dienone is 1. The van der Waals surface area contributed by atoms with E-state index >= 15 is 0 Å². The van der Waals surface area contributed by atoms with Crippen LogP contribution in [0.5, 0.6) is 0 Å². The van der Waals surface area contributed by atoms with Gasteiger partial charge in [0.25, 0.3) is 0 Å². The zero-order valence-electron chi connectivity index (χ0n) is 20.7. The molecule has 0 aromatic heterocycles. The highest BCUT2D eigenvalue weighted by atomic mass is 32.2. The Morgan fingerprint density at radius 2 is 2.11 bits per heavy atom. The molecule has 4 rings (SSSR count). The molecule has 0 aliphatic carbocycles. The molecule has 3 fully saturated rings. The molecular weight excluding hydrogens is 468 g/mol. The molecular formula is C26H40N2O6S. The average molecular weight is 509 g/mol. The predicted octanol–water partition coefficient (Wildman–Crippen LogP) is 2.32. The second-order valence-corrected chi connectivity index (χ2v) is 12.1. The molecule has 3 saturated heterocycles. The number of carbonyl (C=O) groups excluding carboxylic acids is 1. The minimum Gasteiger partial charge on any atom is -0.387 e. The summed E-state index contributed by atoms with van der Waals surface area (Å²) in [7, 11) is 0. The first-order valence-corrected chi connectivity index (χ1v) is 13.9. The second-order valence-electron chi connectivity index (χ2n) is 10.8. The summed E-state index contributed by atoms with van der Waals surface area (Å²) in [5.41, 5.74) is -0.357. The van der Waals surface area contributed by atoms with Gasteiger partial charge >= 0.3 is 0 Å². The van der Waals surface area contributed by atoms with Gasteiger partial charge in [-0.25, -0.2) is 4.89 Å². The van der Waals surface area contributed by atoms with Crippen molar-refractivity contribution < 1.29 is 29.5 Å². The SMILES string of the molecule is C#C[C@@H]1C/C=C\C[C@@H](NC(=O)C2NC[C@@H]3C[C@H](CC(C)C)CCO[C@@H]23)[C@H]2OC(CC(OO)C2O)S1. The molecule has 4 aliphatic rings. The van der Waals surface area contributed by atoms with Gasteiger partial charge in [0.2, 0.25) is 5.91 Å². The molecule has 0 aromatic rings. The second kappa shape index (κ2) is 12.4. The summed E-state index contributed by atoms with van der Waals surface area (Å²) < 4.78 is 12.4. The quantitative estimate of drug-likeness (QED) is 0.194. The number of thioether (sulfide) groups is 1. The molecule has 8 nitrogen and oxygen atoms in total. The maximum Gasteiger partial charge on any atom is 0.240 e. The summed E-state index contributed by atoms with van der Waals surface area (Å²) in [6.45, 7) is 5.94. The highest BCUT2D eigenvalue weighted by molar-refractivity contribution is 8.00. The normalized spacial score (nSPS) is 43.0. The van der Waals surface area contributed by atoms with Crippen LogP contribution in [-0.2, 0) is 19.2 Å². The third-order valence-electron chi connectivity index (χ3n) is 7.67. The first kappa shape index (κ1) is 26.9. The van der Waals surface area contributed by atoms with Gasteiger partial charge in [-0.1, -0.05) is 31.9 Å². The summed E-state index contributed by atoms with van der Waals surface area (Å²) in [6, 6.07) is -0.934. The summed E-state index contributed by atoms with van der Waals surface area (Å²) in [5, 5.41) is 26.7. The van der Waals surface area contributed by atoms with Gasteiger partial charge in [-0.05, 0) is 49.9 Å². The Hall–Kier alpha value is -1.12. The van der Waals surface area contributed by atoms with Crippen molar-refractivity contribution >= 4 is 17.7 Å². The Morgan fingerprint density at radius 3 is 2.86 bits per heavy atom. The molecule has 35 heavy (non-hydrogen) atoms. The molecule has 4 aliphatic heterocycles. The number of terminal acetylenes is 1. The van der Waals surface area contributed by atoms with Gasteiger partial charge in [-0.3, -0.25) is 10.1 Å². The molecule has 4 unspecified atom stereocenters. The van der Waals surface area contributed by atoms with Crippen molar-refractivity contribution in [1.82, 2.24) is 10.6 Å². The lowest BCUT2D eigenvalue weighted by Crippen LogP contribution is -2.60. The Labute approximate surface area is 212 Å². The molecule has 0 radical (unpaired) electrons. The van der Waals surface area contributed by atoms with Crippen LogP contribution < -0.4 is 10.6 Å². The maximum atomic E-state index is 13.5. The van der Waals surface area contributed by atoms with Crippen molar-refractivity contribution in [2.24, 2.45) is 17.8 Å². The van der Waals surface area contributed by atoms with E-state index in [1.54, 1.807) is 0 Å². The Balaban J connectivity index is 1.46. The smallest absolute Gasteiger partial charge is 0.240 e. The fourth-order valence-electron chi connectivity index (χ4n) is 6.01. The van der Waals surface area contributed by atoms with E-state index in [4.69, 9.17) is 15.9 Å². The molecule has 0 aromatic carbocycles. The Kier molecular flexibility index (Phi) is 9.55. The van der Waals surface area contributed by atoms with Gasteiger partial charge < -0.3 is 25.2 Å². The maximum absolute atomic E-state index is 13.5. The Bertz CT molecular complexity index is 788. The number of aliphatic hydroxyl groups is 1. The number of ether oxygens (including phenoxy) is 2. The summed E-state index contributed by atoms with van der Waals surface area (Å²) in [6.07, 6.45) is 11.6. The number of hydrogen-bond acceptors (Lipinski definition) is 8. The van der Waals surface area contributed by atoms with Gasteiger partial charge in [-0.15, -0.1) is 18.2 Å². The Morgan fingerprint density at radius 1 is 1.31 bits per heavy atom. The summed E-state index contributed by atoms with van der Waals surface area (Å²) >= 11 is 1.48. The third-order valence-corrected chi connectivity index (χ3v) is 8.94. The van der Waals surface area contributed by atoms with E-state index < -0.39 is 30.4 Å². The van der Waals surface area contributed by atoms with Crippen molar-refractivity contribution in [1.29, 1.82) is 0 Å². The van der Waals surface area contributed by atoms with Crippen molar-refractivity contribution in [2.75, 3.05) is 13.2 Å². The molecule has 1 amide bonds. The lowest BCUT2D eigenvalue weighted by molar-refractivity contribution is -0.322. The number of carbonyl (C=O) groups is 1. The molecule has 10 atom stereocenters. The number of nitrogens with one attached hydrogen (secondary N) is 2. The van der Waals surface area contributed by atoms with Crippen LogP contribution in [-0.4, -0.2) is 76.6 Å². The highest BCUT2D eigenvalue weighted by Gasteiger charge is 2.47. The number of amides is 1. The zero-order valence-corrected chi connectivity index (χ0v) is 21.5. The molecule has 0 spiro atoms. The third kappa shape index (κ3) is 6.61. The van der Waals surface area contributed by atoms with Crippen LogP contribution in [0.3, 0.4) is 0 Å². The van der Waals surface area contributed by atoms with Crippen LogP contribution in [0.25, 0.3) is 0 Å². The standard InChI is InChI=1S/C26H40N2O6S/c1-4-18-7-5-6-8-19(25-23(29)20(34-31)13-21(33-25)35-18)28-26(30)22-24-17(14-27-22)12-16(9-10-32-24)11-15(2)3/h1,5-6,15-25,27,29,31H,7-14H2,2-3H3,(H,28,30)/b6-5-/t16-,17-,18+,19+,20?,21?,22?,23?,24+,25+/m0/s1. The van der Waals surface area contributed by atoms with Gasteiger partial charge in [0, 0.05) is 19.6 Å². The highest BCUT2D eigenvalue weighted by Crippen LogP contribution is 2.36. The van der Waals surface area contributed by atoms with Crippen LogP contribution in [0.4, 0.5) is 0 Å². The minimum atomic E-state index is -1.09. The van der Waals surface area contributed by atoms with E-state index in [0.29, 0.717) is 43.6 Å². The lowest BCUT2D eigenvalue weighted by Gasteiger charge is -2.42. The largest absolute Gasteiger partial charge is 0.387 e. The van der Waals surface area contributed by atoms with Gasteiger partial charge in [0.05, 0.1) is 17.4 Å². The average Bonchev–Trinajstić information content (AvgIpc) is 3.12. The number of rotatable bonds is 5. The van der Waals surface area contributed by atoms with Crippen LogP contribution in [0.2, 0.25) is 0 Å². The summed E-state index contributed by atoms with van der Waals surface area (Å²) in [5.74, 6) is 4.20. The first-order chi connectivity index (χ1) is 16.9. The van der Waals surface area contributed by atoms with Gasteiger partial charge in [-0.2, -0.15) is 0 Å². The first-order valence-electron chi connectivity index (χ1n) is 12.9. The van der Waals surface area contributed by atoms with Crippen LogP contribution >= 0.6 is 11.8 Å². The van der Waals surface area contributed by atoms with Crippen LogP contribution in [0.15, 0.2) is 12.2 Å². The molecule has 4 N–H and O–H groups in total. The fraction of sp³-hybridized carbons (Fsp3) is 0.808. The van der Waals surface area contributed by atoms with Crippen molar-refractivity contribution in [3.05, 3.63) is 12.2 Å². The molecule has 4 heterocycles. The van der Waals surface area contributed by atoms with Crippen molar-refractivity contribution in [3.8, 4) is 12.3 Å². The van der Waals surface area contributed by atoms with Crippen molar-refractivity contribution in [3.63, 3.8) is 0 Å². The van der Waals surface area contributed by atoms with Crippen molar-refractivity contribution in [2.45, 2.75) is 99.6 Å². The fourth-order valence-corrected chi connectivity index (χ4v) is 7.17. The van der Waals surface area contributed by atoms with Crippen LogP contribution in [0.1, 0.15) is 52.4 Å². The van der Waals surface area contributed by atoms with E-state index in [1.165, 1.54) is 18.2 Å². The van der Waals surface area contributed by atoms with E-state index in [1.807, 2.05) is 12.2 Å². The zero-order chi connectivity index (χ0) is 24.9. The molecule has 9 heteroatoms. The lowest BCUT2D eigenvalue weighted by atomic mass is 9.85. The molecule has 0 saturated carbocycles. The topological polar surface area (TPSA) is 109 Å². The monoisotopic (exact) mass is 508 g/mol. The van der Waals surface area contributed by atoms with E-state index in [0.717, 1.165) is 19.4 Å².